The Morgan fingerprint density at radius 1 is 1.39 bits per heavy atom. The van der Waals surface area contributed by atoms with Crippen LogP contribution in [0.15, 0.2) is 18.2 Å². The second-order valence-electron chi connectivity index (χ2n) is 6.25. The molecule has 1 aromatic carbocycles. The van der Waals surface area contributed by atoms with E-state index in [4.69, 9.17) is 15.2 Å². The van der Waals surface area contributed by atoms with Gasteiger partial charge >= 0.3 is 0 Å². The van der Waals surface area contributed by atoms with Crippen molar-refractivity contribution < 1.29 is 9.47 Å². The molecule has 2 N–H and O–H groups in total. The fourth-order valence-corrected chi connectivity index (χ4v) is 2.50. The minimum Gasteiger partial charge on any atom is -0.497 e. The summed E-state index contributed by atoms with van der Waals surface area (Å²) in [5, 5.41) is 0. The molecule has 100 valence electrons. The molecule has 0 saturated heterocycles. The lowest BCUT2D eigenvalue weighted by molar-refractivity contribution is 0.112. The van der Waals surface area contributed by atoms with E-state index in [1.165, 1.54) is 0 Å². The quantitative estimate of drug-likeness (QED) is 0.874. The second kappa shape index (κ2) is 4.81. The van der Waals surface area contributed by atoms with E-state index in [9.17, 15) is 0 Å². The van der Waals surface area contributed by atoms with E-state index in [2.05, 4.69) is 20.8 Å². The highest BCUT2D eigenvalue weighted by atomic mass is 16.5. The summed E-state index contributed by atoms with van der Waals surface area (Å²) >= 11 is 0. The third-order valence-corrected chi connectivity index (χ3v) is 3.27. The standard InChI is InChI=1S/C15H23NO2/c1-15(2,3)9-11-8-13(16)12-7-10(17-4)5-6-14(12)18-11/h5-7,11,13H,8-9,16H2,1-4H3/t11?,13-/m1/s1. The molecule has 0 aliphatic carbocycles. The Kier molecular flexibility index (Phi) is 3.53. The summed E-state index contributed by atoms with van der Waals surface area (Å²) in [4.78, 5) is 0. The molecule has 1 aliphatic rings. The van der Waals surface area contributed by atoms with Gasteiger partial charge in [0, 0.05) is 18.0 Å². The van der Waals surface area contributed by atoms with Gasteiger partial charge < -0.3 is 15.2 Å². The summed E-state index contributed by atoms with van der Waals surface area (Å²) in [6.07, 6.45) is 2.10. The lowest BCUT2D eigenvalue weighted by Gasteiger charge is -2.34. The van der Waals surface area contributed by atoms with Crippen molar-refractivity contribution in [3.8, 4) is 11.5 Å². The maximum atomic E-state index is 6.24. The monoisotopic (exact) mass is 249 g/mol. The topological polar surface area (TPSA) is 44.5 Å². The fraction of sp³-hybridized carbons (Fsp3) is 0.600. The molecule has 0 spiro atoms. The number of hydrogen-bond acceptors (Lipinski definition) is 3. The Balaban J connectivity index is 2.19. The molecule has 0 fully saturated rings. The predicted octanol–water partition coefficient (Wildman–Crippen LogP) is 3.28. The van der Waals surface area contributed by atoms with Crippen LogP contribution in [0.4, 0.5) is 0 Å². The third-order valence-electron chi connectivity index (χ3n) is 3.27. The Bertz CT molecular complexity index is 423. The van der Waals surface area contributed by atoms with Crippen molar-refractivity contribution in [1.29, 1.82) is 0 Å². The smallest absolute Gasteiger partial charge is 0.124 e. The van der Waals surface area contributed by atoms with Crippen molar-refractivity contribution in [3.05, 3.63) is 23.8 Å². The van der Waals surface area contributed by atoms with Crippen LogP contribution in [0.1, 0.15) is 45.2 Å². The van der Waals surface area contributed by atoms with Gasteiger partial charge in [-0.15, -0.1) is 0 Å². The van der Waals surface area contributed by atoms with Gasteiger partial charge in [-0.25, -0.2) is 0 Å². The highest BCUT2D eigenvalue weighted by Crippen LogP contribution is 2.38. The Labute approximate surface area is 109 Å². The molecule has 18 heavy (non-hydrogen) atoms. The maximum absolute atomic E-state index is 6.24. The van der Waals surface area contributed by atoms with Crippen LogP contribution < -0.4 is 15.2 Å². The zero-order chi connectivity index (χ0) is 13.3. The lowest BCUT2D eigenvalue weighted by atomic mass is 9.85. The van der Waals surface area contributed by atoms with Gasteiger partial charge in [-0.3, -0.25) is 0 Å². The summed E-state index contributed by atoms with van der Waals surface area (Å²) in [7, 11) is 1.67. The van der Waals surface area contributed by atoms with E-state index >= 15 is 0 Å². The first-order chi connectivity index (χ1) is 8.39. The maximum Gasteiger partial charge on any atom is 0.124 e. The normalized spacial score (nSPS) is 23.2. The zero-order valence-corrected chi connectivity index (χ0v) is 11.7. The van der Waals surface area contributed by atoms with Gasteiger partial charge in [0.2, 0.25) is 0 Å². The number of methoxy groups -OCH3 is 1. The first kappa shape index (κ1) is 13.2. The molecular weight excluding hydrogens is 226 g/mol. The first-order valence-electron chi connectivity index (χ1n) is 6.49. The van der Waals surface area contributed by atoms with Gasteiger partial charge in [0.15, 0.2) is 0 Å². The number of ether oxygens (including phenoxy) is 2. The van der Waals surface area contributed by atoms with Crippen LogP contribution in [0.3, 0.4) is 0 Å². The highest BCUT2D eigenvalue weighted by molar-refractivity contribution is 5.43. The van der Waals surface area contributed by atoms with Crippen LogP contribution in [0, 0.1) is 5.41 Å². The second-order valence-corrected chi connectivity index (χ2v) is 6.25. The zero-order valence-electron chi connectivity index (χ0n) is 11.7. The Morgan fingerprint density at radius 3 is 2.72 bits per heavy atom. The van der Waals surface area contributed by atoms with Crippen molar-refractivity contribution in [3.63, 3.8) is 0 Å². The van der Waals surface area contributed by atoms with Crippen molar-refractivity contribution in [2.75, 3.05) is 7.11 Å². The molecule has 1 aliphatic heterocycles. The molecule has 1 heterocycles. The van der Waals surface area contributed by atoms with Crippen molar-refractivity contribution >= 4 is 0 Å². The van der Waals surface area contributed by atoms with Gasteiger partial charge in [-0.2, -0.15) is 0 Å². The average Bonchev–Trinajstić information content (AvgIpc) is 2.26. The van der Waals surface area contributed by atoms with Gasteiger partial charge in [-0.1, -0.05) is 20.8 Å². The van der Waals surface area contributed by atoms with Gasteiger partial charge in [0.05, 0.1) is 7.11 Å². The molecule has 3 nitrogen and oxygen atoms in total. The first-order valence-corrected chi connectivity index (χ1v) is 6.49. The molecule has 0 radical (unpaired) electrons. The molecule has 1 aromatic rings. The summed E-state index contributed by atoms with van der Waals surface area (Å²) < 4.78 is 11.3. The molecular formula is C15H23NO2. The highest BCUT2D eigenvalue weighted by Gasteiger charge is 2.29. The summed E-state index contributed by atoms with van der Waals surface area (Å²) in [5.41, 5.74) is 7.56. The third kappa shape index (κ3) is 2.96. The lowest BCUT2D eigenvalue weighted by Crippen LogP contribution is -2.32. The molecule has 0 aromatic heterocycles. The minimum atomic E-state index is 0.0381. The number of rotatable bonds is 2. The van der Waals surface area contributed by atoms with Crippen LogP contribution in [0.25, 0.3) is 0 Å². The van der Waals surface area contributed by atoms with E-state index in [1.54, 1.807) is 7.11 Å². The largest absolute Gasteiger partial charge is 0.497 e. The van der Waals surface area contributed by atoms with E-state index < -0.39 is 0 Å². The van der Waals surface area contributed by atoms with Crippen LogP contribution in [0.5, 0.6) is 11.5 Å². The summed E-state index contributed by atoms with van der Waals surface area (Å²) in [6.45, 7) is 6.68. The number of nitrogens with two attached hydrogens (primary N) is 1. The minimum absolute atomic E-state index is 0.0381. The van der Waals surface area contributed by atoms with Crippen LogP contribution >= 0.6 is 0 Å². The fourth-order valence-electron chi connectivity index (χ4n) is 2.50. The molecule has 2 atom stereocenters. The molecule has 0 amide bonds. The van der Waals surface area contributed by atoms with Crippen LogP contribution in [0.2, 0.25) is 0 Å². The molecule has 0 bridgehead atoms. The van der Waals surface area contributed by atoms with E-state index in [-0.39, 0.29) is 17.6 Å². The Morgan fingerprint density at radius 2 is 2.11 bits per heavy atom. The van der Waals surface area contributed by atoms with E-state index in [0.717, 1.165) is 29.9 Å². The van der Waals surface area contributed by atoms with Crippen molar-refractivity contribution in [2.24, 2.45) is 11.1 Å². The van der Waals surface area contributed by atoms with Gasteiger partial charge in [-0.05, 0) is 30.0 Å². The number of benzene rings is 1. The van der Waals surface area contributed by atoms with Crippen LogP contribution in [-0.2, 0) is 0 Å². The summed E-state index contributed by atoms with van der Waals surface area (Å²) in [6, 6.07) is 5.90. The van der Waals surface area contributed by atoms with Crippen LogP contribution in [-0.4, -0.2) is 13.2 Å². The van der Waals surface area contributed by atoms with Crippen molar-refractivity contribution in [2.45, 2.75) is 45.8 Å². The molecule has 0 saturated carbocycles. The SMILES string of the molecule is COc1ccc2c(c1)[C@H](N)CC(CC(C)(C)C)O2. The predicted molar refractivity (Wildman–Crippen MR) is 73.0 cm³/mol. The van der Waals surface area contributed by atoms with Gasteiger partial charge in [0.25, 0.3) is 0 Å². The molecule has 2 rings (SSSR count). The van der Waals surface area contributed by atoms with E-state index in [0.29, 0.717) is 0 Å². The number of hydrogen-bond donors (Lipinski definition) is 1. The molecule has 3 heteroatoms. The summed E-state index contributed by atoms with van der Waals surface area (Å²) in [5.74, 6) is 1.74. The Hall–Kier alpha value is -1.22. The van der Waals surface area contributed by atoms with Crippen molar-refractivity contribution in [1.82, 2.24) is 0 Å². The van der Waals surface area contributed by atoms with Gasteiger partial charge in [0.1, 0.15) is 17.6 Å². The molecule has 1 unspecified atom stereocenters. The van der Waals surface area contributed by atoms with E-state index in [1.807, 2.05) is 18.2 Å². The average molecular weight is 249 g/mol. The number of fused-ring (bicyclic) bond motifs is 1.